The van der Waals surface area contributed by atoms with E-state index in [0.29, 0.717) is 17.2 Å². The minimum atomic E-state index is -0.249. The average molecular weight is 352 g/mol. The van der Waals surface area contributed by atoms with Crippen molar-refractivity contribution >= 4 is 22.5 Å². The van der Waals surface area contributed by atoms with Gasteiger partial charge in [0.2, 0.25) is 0 Å². The number of rotatable bonds is 6. The molecule has 0 fully saturated rings. The van der Waals surface area contributed by atoms with Crippen LogP contribution >= 0.6 is 0 Å². The van der Waals surface area contributed by atoms with E-state index < -0.39 is 0 Å². The number of pyridine rings is 1. The molecular weight excluding hydrogens is 332 g/mol. The fourth-order valence-electron chi connectivity index (χ4n) is 2.56. The van der Waals surface area contributed by atoms with Gasteiger partial charge >= 0.3 is 0 Å². The first-order chi connectivity index (χ1) is 12.6. The first kappa shape index (κ1) is 17.5. The molecule has 0 saturated heterocycles. The lowest BCUT2D eigenvalue weighted by Gasteiger charge is -2.12. The number of nitrogens with one attached hydrogen (secondary N) is 1. The molecule has 1 aromatic heterocycles. The number of fused-ring (bicyclic) bond motifs is 1. The maximum absolute atomic E-state index is 12.2. The maximum atomic E-state index is 12.2. The number of ether oxygens (including phenoxy) is 3. The number of aromatic nitrogens is 1. The molecule has 6 heteroatoms. The van der Waals surface area contributed by atoms with E-state index in [1.54, 1.807) is 38.5 Å². The molecule has 2 aromatic carbocycles. The predicted molar refractivity (Wildman–Crippen MR) is 100 cm³/mol. The number of benzene rings is 2. The number of hydrogen-bond acceptors (Lipinski definition) is 5. The van der Waals surface area contributed by atoms with Crippen molar-refractivity contribution in [3.8, 4) is 17.2 Å². The highest BCUT2D eigenvalue weighted by Crippen LogP contribution is 2.29. The van der Waals surface area contributed by atoms with Crippen LogP contribution in [0.3, 0.4) is 0 Å². The fourth-order valence-corrected chi connectivity index (χ4v) is 2.56. The second kappa shape index (κ2) is 7.74. The summed E-state index contributed by atoms with van der Waals surface area (Å²) in [5.74, 6) is 1.78. The Kier molecular flexibility index (Phi) is 5.22. The zero-order valence-corrected chi connectivity index (χ0v) is 14.9. The lowest BCUT2D eigenvalue weighted by Crippen LogP contribution is -2.20. The van der Waals surface area contributed by atoms with Gasteiger partial charge in [-0.15, -0.1) is 0 Å². The van der Waals surface area contributed by atoms with Crippen LogP contribution in [0.4, 0.5) is 5.69 Å². The van der Waals surface area contributed by atoms with Crippen molar-refractivity contribution in [1.82, 2.24) is 4.98 Å². The molecule has 6 nitrogen and oxygen atoms in total. The number of carbonyl (C=O) groups is 1. The zero-order chi connectivity index (χ0) is 18.5. The molecule has 134 valence electrons. The quantitative estimate of drug-likeness (QED) is 0.734. The van der Waals surface area contributed by atoms with Gasteiger partial charge in [0.15, 0.2) is 6.61 Å². The van der Waals surface area contributed by atoms with Crippen LogP contribution < -0.4 is 19.5 Å². The van der Waals surface area contributed by atoms with Gasteiger partial charge in [0.05, 0.1) is 19.7 Å². The summed E-state index contributed by atoms with van der Waals surface area (Å²) >= 11 is 0. The Morgan fingerprint density at radius 3 is 2.38 bits per heavy atom. The zero-order valence-electron chi connectivity index (χ0n) is 14.9. The molecule has 3 rings (SSSR count). The van der Waals surface area contributed by atoms with Crippen molar-refractivity contribution in [2.24, 2.45) is 0 Å². The first-order valence-electron chi connectivity index (χ1n) is 8.11. The largest absolute Gasteiger partial charge is 0.497 e. The highest BCUT2D eigenvalue weighted by atomic mass is 16.5. The Labute approximate surface area is 151 Å². The summed E-state index contributed by atoms with van der Waals surface area (Å²) in [4.78, 5) is 16.7. The Bertz CT molecular complexity index is 923. The minimum Gasteiger partial charge on any atom is -0.497 e. The summed E-state index contributed by atoms with van der Waals surface area (Å²) in [5, 5.41) is 3.59. The molecule has 0 atom stereocenters. The molecule has 0 aliphatic rings. The van der Waals surface area contributed by atoms with Crippen LogP contribution in [0.2, 0.25) is 0 Å². The van der Waals surface area contributed by atoms with Gasteiger partial charge in [0.25, 0.3) is 5.91 Å². The van der Waals surface area contributed by atoms with Crippen LogP contribution in [-0.4, -0.2) is 31.7 Å². The summed E-state index contributed by atoms with van der Waals surface area (Å²) in [6.45, 7) is 1.77. The molecule has 3 aromatic rings. The van der Waals surface area contributed by atoms with Gasteiger partial charge in [-0.25, -0.2) is 0 Å². The Hall–Kier alpha value is -3.28. The fraction of sp³-hybridized carbons (Fsp3) is 0.200. The van der Waals surface area contributed by atoms with E-state index in [1.807, 2.05) is 31.2 Å². The molecule has 1 N–H and O–H groups in total. The van der Waals surface area contributed by atoms with E-state index in [4.69, 9.17) is 14.2 Å². The number of nitrogens with zero attached hydrogens (tertiary/aromatic N) is 1. The predicted octanol–water partition coefficient (Wildman–Crippen LogP) is 3.58. The van der Waals surface area contributed by atoms with E-state index >= 15 is 0 Å². The maximum Gasteiger partial charge on any atom is 0.262 e. The third kappa shape index (κ3) is 4.03. The topological polar surface area (TPSA) is 69.7 Å². The van der Waals surface area contributed by atoms with Gasteiger partial charge in [0.1, 0.15) is 17.2 Å². The van der Waals surface area contributed by atoms with Crippen molar-refractivity contribution in [2.45, 2.75) is 6.92 Å². The van der Waals surface area contributed by atoms with Gasteiger partial charge in [-0.05, 0) is 49.4 Å². The second-order valence-corrected chi connectivity index (χ2v) is 5.71. The second-order valence-electron chi connectivity index (χ2n) is 5.71. The lowest BCUT2D eigenvalue weighted by molar-refractivity contribution is -0.118. The molecule has 0 aliphatic heterocycles. The van der Waals surface area contributed by atoms with Crippen LogP contribution in [-0.2, 0) is 4.79 Å². The van der Waals surface area contributed by atoms with E-state index in [2.05, 4.69) is 10.3 Å². The van der Waals surface area contributed by atoms with E-state index in [0.717, 1.165) is 22.3 Å². The Balaban J connectivity index is 1.72. The monoisotopic (exact) mass is 352 g/mol. The molecule has 0 unspecified atom stereocenters. The van der Waals surface area contributed by atoms with Crippen LogP contribution in [0.1, 0.15) is 5.69 Å². The SMILES string of the molecule is COc1ccc(NC(=O)COc2cc(C)nc3ccc(OC)cc23)cc1. The van der Waals surface area contributed by atoms with Gasteiger partial charge in [-0.3, -0.25) is 9.78 Å². The van der Waals surface area contributed by atoms with Gasteiger partial charge in [-0.1, -0.05) is 0 Å². The van der Waals surface area contributed by atoms with Crippen LogP contribution in [0.15, 0.2) is 48.5 Å². The number of carbonyl (C=O) groups excluding carboxylic acids is 1. The Morgan fingerprint density at radius 1 is 1.00 bits per heavy atom. The minimum absolute atomic E-state index is 0.109. The van der Waals surface area contributed by atoms with Crippen molar-refractivity contribution in [3.05, 3.63) is 54.2 Å². The standard InChI is InChI=1S/C20H20N2O4/c1-13-10-19(17-11-16(25-3)8-9-18(17)21-13)26-12-20(23)22-14-4-6-15(24-2)7-5-14/h4-11H,12H2,1-3H3,(H,22,23). The first-order valence-corrected chi connectivity index (χ1v) is 8.11. The smallest absolute Gasteiger partial charge is 0.262 e. The van der Waals surface area contributed by atoms with Crippen LogP contribution in [0.5, 0.6) is 17.2 Å². The van der Waals surface area contributed by atoms with E-state index in [1.165, 1.54) is 0 Å². The van der Waals surface area contributed by atoms with E-state index in [9.17, 15) is 4.79 Å². The molecule has 0 bridgehead atoms. The summed E-state index contributed by atoms with van der Waals surface area (Å²) in [6, 6.07) is 14.5. The molecule has 0 aliphatic carbocycles. The van der Waals surface area contributed by atoms with Crippen molar-refractivity contribution in [2.75, 3.05) is 26.1 Å². The molecule has 0 spiro atoms. The molecular formula is C20H20N2O4. The highest BCUT2D eigenvalue weighted by Gasteiger charge is 2.10. The normalized spacial score (nSPS) is 10.4. The highest BCUT2D eigenvalue weighted by molar-refractivity contribution is 5.92. The number of aryl methyl sites for hydroxylation is 1. The lowest BCUT2D eigenvalue weighted by atomic mass is 10.1. The number of anilines is 1. The summed E-state index contributed by atoms with van der Waals surface area (Å²) in [6.07, 6.45) is 0. The van der Waals surface area contributed by atoms with Gasteiger partial charge in [0, 0.05) is 22.8 Å². The Morgan fingerprint density at radius 2 is 1.69 bits per heavy atom. The number of hydrogen-bond donors (Lipinski definition) is 1. The summed E-state index contributed by atoms with van der Waals surface area (Å²) in [5.41, 5.74) is 2.28. The third-order valence-corrected chi connectivity index (χ3v) is 3.84. The molecule has 1 heterocycles. The van der Waals surface area contributed by atoms with Crippen molar-refractivity contribution < 1.29 is 19.0 Å². The third-order valence-electron chi connectivity index (χ3n) is 3.84. The number of amides is 1. The van der Waals surface area contributed by atoms with Crippen molar-refractivity contribution in [3.63, 3.8) is 0 Å². The molecule has 0 saturated carbocycles. The molecule has 1 amide bonds. The summed E-state index contributed by atoms with van der Waals surface area (Å²) < 4.78 is 16.1. The van der Waals surface area contributed by atoms with E-state index in [-0.39, 0.29) is 12.5 Å². The van der Waals surface area contributed by atoms with Crippen molar-refractivity contribution in [1.29, 1.82) is 0 Å². The average Bonchev–Trinajstić information content (AvgIpc) is 2.66. The van der Waals surface area contributed by atoms with Crippen LogP contribution in [0.25, 0.3) is 10.9 Å². The van der Waals surface area contributed by atoms with Crippen LogP contribution in [0, 0.1) is 6.92 Å². The van der Waals surface area contributed by atoms with Gasteiger partial charge < -0.3 is 19.5 Å². The molecule has 0 radical (unpaired) electrons. The number of methoxy groups -OCH3 is 2. The van der Waals surface area contributed by atoms with Gasteiger partial charge in [-0.2, -0.15) is 0 Å². The molecule has 26 heavy (non-hydrogen) atoms. The summed E-state index contributed by atoms with van der Waals surface area (Å²) in [7, 11) is 3.20.